The number of nitriles is 2. The Labute approximate surface area is 221 Å². The standard InChI is InChI=1S/C31H36N6/c1-7-30(4)29-35(6)14-16-37(29)28-12-10-24(21-33)18-26(28)31(30,8-2)19-25-17-23(20-32)9-11-27(25)36-15-13-34(5)22(36)3/h9-18,22,29H,7-8,19H2,1-6H3. The maximum absolute atomic E-state index is 9.86. The second kappa shape index (κ2) is 8.89. The van der Waals surface area contributed by atoms with Gasteiger partial charge in [0.2, 0.25) is 0 Å². The molecule has 190 valence electrons. The summed E-state index contributed by atoms with van der Waals surface area (Å²) in [6.07, 6.45) is 11.6. The third kappa shape index (κ3) is 3.43. The number of rotatable bonds is 5. The fraction of sp³-hybridized carbons (Fsp3) is 0.419. The minimum absolute atomic E-state index is 0.135. The summed E-state index contributed by atoms with van der Waals surface area (Å²) >= 11 is 0. The minimum Gasteiger partial charge on any atom is -0.359 e. The number of anilines is 2. The van der Waals surface area contributed by atoms with Crippen molar-refractivity contribution in [3.05, 3.63) is 83.5 Å². The van der Waals surface area contributed by atoms with Crippen molar-refractivity contribution in [1.29, 1.82) is 10.5 Å². The molecular weight excluding hydrogens is 456 g/mol. The highest BCUT2D eigenvalue weighted by molar-refractivity contribution is 5.68. The lowest BCUT2D eigenvalue weighted by atomic mass is 9.52. The number of fused-ring (bicyclic) bond motifs is 3. The van der Waals surface area contributed by atoms with Gasteiger partial charge in [-0.05, 0) is 73.7 Å². The average molecular weight is 493 g/mol. The molecule has 2 aromatic carbocycles. The van der Waals surface area contributed by atoms with Gasteiger partial charge in [0.05, 0.1) is 23.3 Å². The average Bonchev–Trinajstić information content (AvgIpc) is 3.47. The van der Waals surface area contributed by atoms with Crippen molar-refractivity contribution >= 4 is 11.4 Å². The van der Waals surface area contributed by atoms with E-state index in [1.807, 2.05) is 12.1 Å². The van der Waals surface area contributed by atoms with E-state index in [4.69, 9.17) is 0 Å². The predicted octanol–water partition coefficient (Wildman–Crippen LogP) is 5.87. The molecule has 0 amide bonds. The molecule has 2 aromatic rings. The molecule has 5 rings (SSSR count). The molecule has 3 aliphatic rings. The molecule has 0 radical (unpaired) electrons. The third-order valence-corrected chi connectivity index (χ3v) is 9.47. The fourth-order valence-corrected chi connectivity index (χ4v) is 7.09. The summed E-state index contributed by atoms with van der Waals surface area (Å²) in [7, 11) is 4.25. The van der Waals surface area contributed by atoms with Gasteiger partial charge < -0.3 is 19.6 Å². The van der Waals surface area contributed by atoms with Crippen LogP contribution in [-0.2, 0) is 11.8 Å². The van der Waals surface area contributed by atoms with Crippen LogP contribution in [0.25, 0.3) is 0 Å². The Morgan fingerprint density at radius 2 is 1.43 bits per heavy atom. The lowest BCUT2D eigenvalue weighted by Gasteiger charge is -2.60. The van der Waals surface area contributed by atoms with Crippen molar-refractivity contribution in [2.24, 2.45) is 5.41 Å². The van der Waals surface area contributed by atoms with Crippen molar-refractivity contribution in [2.75, 3.05) is 23.9 Å². The summed E-state index contributed by atoms with van der Waals surface area (Å²) in [6.45, 7) is 9.19. The Morgan fingerprint density at radius 3 is 2.03 bits per heavy atom. The second-order valence-electron chi connectivity index (χ2n) is 10.9. The molecule has 0 N–H and O–H groups in total. The zero-order valence-electron chi connectivity index (χ0n) is 22.7. The topological polar surface area (TPSA) is 60.5 Å². The molecule has 6 nitrogen and oxygen atoms in total. The van der Waals surface area contributed by atoms with E-state index in [0.717, 1.165) is 24.9 Å². The van der Waals surface area contributed by atoms with Crippen LogP contribution < -0.4 is 9.80 Å². The SMILES string of the molecule is CCC1(Cc2cc(C#N)ccc2N2C=CN(C)C2C)c2cc(C#N)ccc2N2C=CN(C)C2C1(C)CC. The van der Waals surface area contributed by atoms with E-state index < -0.39 is 0 Å². The van der Waals surface area contributed by atoms with Crippen LogP contribution in [0, 0.1) is 28.1 Å². The summed E-state index contributed by atoms with van der Waals surface area (Å²) in [5.41, 5.74) is 5.68. The minimum atomic E-state index is -0.257. The molecule has 0 saturated carbocycles. The normalized spacial score (nSPS) is 27.8. The van der Waals surface area contributed by atoms with E-state index in [0.29, 0.717) is 11.1 Å². The molecule has 37 heavy (non-hydrogen) atoms. The van der Waals surface area contributed by atoms with Gasteiger partial charge in [0.25, 0.3) is 0 Å². The molecule has 3 aliphatic heterocycles. The molecule has 3 heterocycles. The van der Waals surface area contributed by atoms with E-state index in [-0.39, 0.29) is 23.2 Å². The van der Waals surface area contributed by atoms with Gasteiger partial charge in [-0.1, -0.05) is 20.8 Å². The van der Waals surface area contributed by atoms with Crippen LogP contribution in [-0.4, -0.2) is 36.2 Å². The molecule has 0 fully saturated rings. The van der Waals surface area contributed by atoms with Crippen molar-refractivity contribution in [3.8, 4) is 12.1 Å². The van der Waals surface area contributed by atoms with Crippen LogP contribution >= 0.6 is 0 Å². The Hall–Kier alpha value is -3.90. The van der Waals surface area contributed by atoms with Crippen molar-refractivity contribution in [2.45, 2.75) is 64.7 Å². The third-order valence-electron chi connectivity index (χ3n) is 9.47. The second-order valence-corrected chi connectivity index (χ2v) is 10.9. The van der Waals surface area contributed by atoms with Gasteiger partial charge in [0.1, 0.15) is 12.3 Å². The lowest BCUT2D eigenvalue weighted by Crippen LogP contribution is -2.63. The van der Waals surface area contributed by atoms with Crippen molar-refractivity contribution in [3.63, 3.8) is 0 Å². The molecule has 4 atom stereocenters. The van der Waals surface area contributed by atoms with Gasteiger partial charge in [-0.25, -0.2) is 0 Å². The molecule has 0 bridgehead atoms. The van der Waals surface area contributed by atoms with Crippen molar-refractivity contribution in [1.82, 2.24) is 9.80 Å². The van der Waals surface area contributed by atoms with Crippen LogP contribution in [0.15, 0.2) is 61.2 Å². The van der Waals surface area contributed by atoms with Crippen LogP contribution in [0.1, 0.15) is 62.8 Å². The zero-order chi connectivity index (χ0) is 26.5. The Morgan fingerprint density at radius 1 is 0.811 bits per heavy atom. The summed E-state index contributed by atoms with van der Waals surface area (Å²) in [6, 6.07) is 17.0. The molecular formula is C31H36N6. The highest BCUT2D eigenvalue weighted by atomic mass is 15.4. The first-order valence-corrected chi connectivity index (χ1v) is 13.2. The quantitative estimate of drug-likeness (QED) is 0.520. The monoisotopic (exact) mass is 492 g/mol. The van der Waals surface area contributed by atoms with E-state index >= 15 is 0 Å². The number of hydrogen-bond acceptors (Lipinski definition) is 6. The summed E-state index contributed by atoms with van der Waals surface area (Å²) in [5, 5.41) is 19.7. The number of benzene rings is 2. The van der Waals surface area contributed by atoms with Crippen LogP contribution in [0.3, 0.4) is 0 Å². The lowest BCUT2D eigenvalue weighted by molar-refractivity contribution is 0.0282. The molecule has 0 saturated heterocycles. The Balaban J connectivity index is 1.76. The smallest absolute Gasteiger partial charge is 0.111 e. The van der Waals surface area contributed by atoms with E-state index in [1.165, 1.54) is 16.8 Å². The highest BCUT2D eigenvalue weighted by Gasteiger charge is 2.59. The maximum atomic E-state index is 9.86. The van der Waals surface area contributed by atoms with Gasteiger partial charge >= 0.3 is 0 Å². The van der Waals surface area contributed by atoms with Crippen LogP contribution in [0.4, 0.5) is 11.4 Å². The van der Waals surface area contributed by atoms with E-state index in [1.54, 1.807) is 0 Å². The van der Waals surface area contributed by atoms with Gasteiger partial charge in [-0.15, -0.1) is 0 Å². The van der Waals surface area contributed by atoms with Gasteiger partial charge in [-0.3, -0.25) is 0 Å². The Kier molecular flexibility index (Phi) is 5.95. The van der Waals surface area contributed by atoms with Crippen LogP contribution in [0.2, 0.25) is 0 Å². The molecule has 6 heteroatoms. The predicted molar refractivity (Wildman–Crippen MR) is 148 cm³/mol. The maximum Gasteiger partial charge on any atom is 0.111 e. The largest absolute Gasteiger partial charge is 0.359 e. The summed E-state index contributed by atoms with van der Waals surface area (Å²) in [4.78, 5) is 9.22. The first kappa shape index (κ1) is 24.8. The van der Waals surface area contributed by atoms with Crippen molar-refractivity contribution < 1.29 is 0 Å². The van der Waals surface area contributed by atoms with Crippen LogP contribution in [0.5, 0.6) is 0 Å². The number of hydrogen-bond donors (Lipinski definition) is 0. The fourth-order valence-electron chi connectivity index (χ4n) is 7.09. The van der Waals surface area contributed by atoms with E-state index in [2.05, 4.69) is 123 Å². The Bertz CT molecular complexity index is 1360. The summed E-state index contributed by atoms with van der Waals surface area (Å²) < 4.78 is 0. The highest BCUT2D eigenvalue weighted by Crippen LogP contribution is 2.60. The van der Waals surface area contributed by atoms with Gasteiger partial charge in [0, 0.05) is 61.1 Å². The molecule has 0 aliphatic carbocycles. The zero-order valence-corrected chi connectivity index (χ0v) is 22.7. The molecule has 4 unspecified atom stereocenters. The summed E-state index contributed by atoms with van der Waals surface area (Å²) in [5.74, 6) is 0. The van der Waals surface area contributed by atoms with E-state index in [9.17, 15) is 10.5 Å². The first-order chi connectivity index (χ1) is 17.7. The molecule has 0 aromatic heterocycles. The number of nitrogens with zero attached hydrogens (tertiary/aromatic N) is 6. The first-order valence-electron chi connectivity index (χ1n) is 13.2. The van der Waals surface area contributed by atoms with Gasteiger partial charge in [0.15, 0.2) is 0 Å². The van der Waals surface area contributed by atoms with Gasteiger partial charge in [-0.2, -0.15) is 10.5 Å². The molecule has 0 spiro atoms.